The Kier molecular flexibility index (Phi) is 8.29. The van der Waals surface area contributed by atoms with Crippen LogP contribution in [0, 0.1) is 6.92 Å². The zero-order valence-corrected chi connectivity index (χ0v) is 21.0. The van der Waals surface area contributed by atoms with Gasteiger partial charge in [0, 0.05) is 30.6 Å². The number of carbonyl (C=O) groups is 2. The second-order valence-electron chi connectivity index (χ2n) is 8.54. The van der Waals surface area contributed by atoms with Gasteiger partial charge in [0.25, 0.3) is 5.91 Å². The molecule has 2 amide bonds. The van der Waals surface area contributed by atoms with Gasteiger partial charge in [0.2, 0.25) is 5.91 Å². The van der Waals surface area contributed by atoms with E-state index in [9.17, 15) is 9.59 Å². The standard InChI is InChI=1S/C29H30N2O3S/c1-22-14-17-35-27(22)20-31(19-23-8-4-3-5-9-23)28(32)21-30(15-16-34-2)29(33)26-13-12-24-10-6-7-11-25(24)18-26/h3-14,17-18H,15-16,19-21H2,1-2H3. The number of amides is 2. The van der Waals surface area contributed by atoms with E-state index in [1.807, 2.05) is 83.1 Å². The van der Waals surface area contributed by atoms with Crippen LogP contribution in [0.25, 0.3) is 10.8 Å². The van der Waals surface area contributed by atoms with Gasteiger partial charge in [-0.05, 0) is 52.4 Å². The molecule has 4 aromatic rings. The second-order valence-corrected chi connectivity index (χ2v) is 9.54. The van der Waals surface area contributed by atoms with Crippen molar-refractivity contribution >= 4 is 33.9 Å². The van der Waals surface area contributed by atoms with Crippen LogP contribution in [-0.2, 0) is 22.6 Å². The van der Waals surface area contributed by atoms with Gasteiger partial charge < -0.3 is 14.5 Å². The number of hydrogen-bond acceptors (Lipinski definition) is 4. The molecule has 0 aliphatic carbocycles. The van der Waals surface area contributed by atoms with Gasteiger partial charge in [0.15, 0.2) is 0 Å². The van der Waals surface area contributed by atoms with Gasteiger partial charge in [-0.2, -0.15) is 0 Å². The molecule has 6 heteroatoms. The highest BCUT2D eigenvalue weighted by atomic mass is 32.1. The summed E-state index contributed by atoms with van der Waals surface area (Å²) >= 11 is 1.65. The monoisotopic (exact) mass is 486 g/mol. The maximum atomic E-state index is 13.6. The van der Waals surface area contributed by atoms with Crippen LogP contribution in [0.2, 0.25) is 0 Å². The van der Waals surface area contributed by atoms with Gasteiger partial charge in [-0.3, -0.25) is 9.59 Å². The Morgan fingerprint density at radius 2 is 1.60 bits per heavy atom. The van der Waals surface area contributed by atoms with Crippen LogP contribution in [0.1, 0.15) is 26.4 Å². The lowest BCUT2D eigenvalue weighted by Crippen LogP contribution is -2.43. The third-order valence-corrected chi connectivity index (χ3v) is 7.05. The average Bonchev–Trinajstić information content (AvgIpc) is 3.30. The Morgan fingerprint density at radius 3 is 2.31 bits per heavy atom. The van der Waals surface area contributed by atoms with Crippen molar-refractivity contribution in [3.8, 4) is 0 Å². The van der Waals surface area contributed by atoms with Crippen LogP contribution in [-0.4, -0.2) is 48.4 Å². The number of nitrogens with zero attached hydrogens (tertiary/aromatic N) is 2. The zero-order valence-electron chi connectivity index (χ0n) is 20.1. The van der Waals surface area contributed by atoms with E-state index in [4.69, 9.17) is 4.74 Å². The van der Waals surface area contributed by atoms with E-state index in [0.29, 0.717) is 31.8 Å². The number of thiophene rings is 1. The molecule has 3 aromatic carbocycles. The highest BCUT2D eigenvalue weighted by Gasteiger charge is 2.23. The molecule has 0 aliphatic rings. The summed E-state index contributed by atoms with van der Waals surface area (Å²) in [6.07, 6.45) is 0. The Labute approximate surface area is 210 Å². The van der Waals surface area contributed by atoms with Gasteiger partial charge in [-0.15, -0.1) is 11.3 Å². The third-order valence-electron chi connectivity index (χ3n) is 6.05. The summed E-state index contributed by atoms with van der Waals surface area (Å²) in [5, 5.41) is 4.11. The quantitative estimate of drug-likeness (QED) is 0.296. The molecule has 180 valence electrons. The Morgan fingerprint density at radius 1 is 0.857 bits per heavy atom. The summed E-state index contributed by atoms with van der Waals surface area (Å²) in [5.41, 5.74) is 2.79. The summed E-state index contributed by atoms with van der Waals surface area (Å²) in [4.78, 5) is 31.7. The molecular weight excluding hydrogens is 456 g/mol. The molecule has 0 bridgehead atoms. The van der Waals surface area contributed by atoms with Crippen LogP contribution < -0.4 is 0 Å². The normalized spacial score (nSPS) is 10.9. The Hall–Kier alpha value is -3.48. The first-order chi connectivity index (χ1) is 17.0. The van der Waals surface area contributed by atoms with Gasteiger partial charge in [0.1, 0.15) is 6.54 Å². The molecule has 0 saturated heterocycles. The second kappa shape index (κ2) is 11.8. The third kappa shape index (κ3) is 6.35. The molecule has 0 spiro atoms. The molecule has 0 radical (unpaired) electrons. The number of benzene rings is 3. The first-order valence-corrected chi connectivity index (χ1v) is 12.5. The molecule has 35 heavy (non-hydrogen) atoms. The molecule has 0 unspecified atom stereocenters. The van der Waals surface area contributed by atoms with E-state index >= 15 is 0 Å². The van der Waals surface area contributed by atoms with E-state index in [1.165, 1.54) is 5.56 Å². The molecule has 4 rings (SSSR count). The van der Waals surface area contributed by atoms with Crippen molar-refractivity contribution in [1.82, 2.24) is 9.80 Å². The predicted molar refractivity (Wildman–Crippen MR) is 141 cm³/mol. The van der Waals surface area contributed by atoms with Crippen molar-refractivity contribution in [2.24, 2.45) is 0 Å². The predicted octanol–water partition coefficient (Wildman–Crippen LogP) is 5.53. The SMILES string of the molecule is COCCN(CC(=O)N(Cc1ccccc1)Cc1sccc1C)C(=O)c1ccc2ccccc2c1. The van der Waals surface area contributed by atoms with E-state index in [1.54, 1.807) is 23.3 Å². The lowest BCUT2D eigenvalue weighted by Gasteiger charge is -2.28. The van der Waals surface area contributed by atoms with Gasteiger partial charge in [-0.1, -0.05) is 60.7 Å². The van der Waals surface area contributed by atoms with Crippen LogP contribution in [0.5, 0.6) is 0 Å². The molecular formula is C29H30N2O3S. The fourth-order valence-corrected chi connectivity index (χ4v) is 4.92. The fourth-order valence-electron chi connectivity index (χ4n) is 4.00. The highest BCUT2D eigenvalue weighted by Crippen LogP contribution is 2.21. The smallest absolute Gasteiger partial charge is 0.254 e. The fraction of sp³-hybridized carbons (Fsp3) is 0.241. The van der Waals surface area contributed by atoms with Crippen molar-refractivity contribution < 1.29 is 14.3 Å². The van der Waals surface area contributed by atoms with Gasteiger partial charge in [-0.25, -0.2) is 0 Å². The number of methoxy groups -OCH3 is 1. The molecule has 5 nitrogen and oxygen atoms in total. The summed E-state index contributed by atoms with van der Waals surface area (Å²) in [5.74, 6) is -0.264. The van der Waals surface area contributed by atoms with Crippen molar-refractivity contribution in [2.45, 2.75) is 20.0 Å². The van der Waals surface area contributed by atoms with Gasteiger partial charge in [0.05, 0.1) is 13.2 Å². The zero-order chi connectivity index (χ0) is 24.6. The maximum absolute atomic E-state index is 13.6. The number of hydrogen-bond donors (Lipinski definition) is 0. The van der Waals surface area contributed by atoms with Crippen LogP contribution >= 0.6 is 11.3 Å². The summed E-state index contributed by atoms with van der Waals surface area (Å²) < 4.78 is 5.25. The van der Waals surface area contributed by atoms with E-state index in [-0.39, 0.29) is 18.4 Å². The van der Waals surface area contributed by atoms with Crippen molar-refractivity contribution in [3.63, 3.8) is 0 Å². The Balaban J connectivity index is 1.56. The molecule has 1 heterocycles. The lowest BCUT2D eigenvalue weighted by molar-refractivity contribution is -0.133. The summed E-state index contributed by atoms with van der Waals surface area (Å²) in [7, 11) is 1.60. The lowest BCUT2D eigenvalue weighted by atomic mass is 10.1. The van der Waals surface area contributed by atoms with Crippen LogP contribution in [0.4, 0.5) is 0 Å². The van der Waals surface area contributed by atoms with Crippen LogP contribution in [0.3, 0.4) is 0 Å². The van der Waals surface area contributed by atoms with Crippen molar-refractivity contribution in [1.29, 1.82) is 0 Å². The summed E-state index contributed by atoms with van der Waals surface area (Å²) in [6.45, 7) is 3.75. The number of aryl methyl sites for hydroxylation is 1. The first kappa shape index (κ1) is 24.6. The van der Waals surface area contributed by atoms with Crippen molar-refractivity contribution in [2.75, 3.05) is 26.8 Å². The average molecular weight is 487 g/mol. The van der Waals surface area contributed by atoms with Crippen LogP contribution in [0.15, 0.2) is 84.2 Å². The number of rotatable bonds is 10. The minimum absolute atomic E-state index is 0.00766. The molecule has 0 N–H and O–H groups in total. The van der Waals surface area contributed by atoms with E-state index in [2.05, 4.69) is 13.0 Å². The number of fused-ring (bicyclic) bond motifs is 1. The number of carbonyl (C=O) groups excluding carboxylic acids is 2. The summed E-state index contributed by atoms with van der Waals surface area (Å²) in [6, 6.07) is 25.6. The van der Waals surface area contributed by atoms with Gasteiger partial charge >= 0.3 is 0 Å². The highest BCUT2D eigenvalue weighted by molar-refractivity contribution is 7.10. The minimum atomic E-state index is -0.173. The largest absolute Gasteiger partial charge is 0.383 e. The maximum Gasteiger partial charge on any atom is 0.254 e. The molecule has 0 saturated carbocycles. The molecule has 0 aliphatic heterocycles. The topological polar surface area (TPSA) is 49.9 Å². The minimum Gasteiger partial charge on any atom is -0.383 e. The Bertz CT molecular complexity index is 1290. The van der Waals surface area contributed by atoms with Crippen molar-refractivity contribution in [3.05, 3.63) is 106 Å². The number of ether oxygens (including phenoxy) is 1. The van der Waals surface area contributed by atoms with E-state index in [0.717, 1.165) is 21.2 Å². The first-order valence-electron chi connectivity index (χ1n) is 11.7. The molecule has 0 atom stereocenters. The molecule has 1 aromatic heterocycles. The van der Waals surface area contributed by atoms with E-state index < -0.39 is 0 Å². The molecule has 0 fully saturated rings.